The van der Waals surface area contributed by atoms with Crippen molar-refractivity contribution in [2.45, 2.75) is 33.6 Å². The maximum atomic E-state index is 12.6. The smallest absolute Gasteiger partial charge is 0.228 e. The van der Waals surface area contributed by atoms with Crippen LogP contribution in [-0.4, -0.2) is 17.5 Å². The molecule has 3 aromatic rings. The standard InChI is InChI=1S/C21H24N2O2/c1-4-11-25-20-8-6-5-7-19(20)23-21(24)13-16-15(3)22-18-10-9-14(2)12-17(16)18/h5-10,12,22H,4,11,13H2,1-3H3,(H,23,24). The number of amides is 1. The summed E-state index contributed by atoms with van der Waals surface area (Å²) in [7, 11) is 0. The van der Waals surface area contributed by atoms with Crippen LogP contribution < -0.4 is 10.1 Å². The molecule has 130 valence electrons. The van der Waals surface area contributed by atoms with Crippen molar-refractivity contribution >= 4 is 22.5 Å². The van der Waals surface area contributed by atoms with Gasteiger partial charge in [0, 0.05) is 16.6 Å². The molecule has 0 bridgehead atoms. The fourth-order valence-corrected chi connectivity index (χ4v) is 2.99. The Morgan fingerprint density at radius 2 is 1.96 bits per heavy atom. The van der Waals surface area contributed by atoms with E-state index in [1.165, 1.54) is 5.56 Å². The molecular weight excluding hydrogens is 312 g/mol. The Hall–Kier alpha value is -2.75. The monoisotopic (exact) mass is 336 g/mol. The average molecular weight is 336 g/mol. The number of aromatic amines is 1. The van der Waals surface area contributed by atoms with E-state index >= 15 is 0 Å². The molecule has 0 spiro atoms. The number of para-hydroxylation sites is 2. The summed E-state index contributed by atoms with van der Waals surface area (Å²) < 4.78 is 5.71. The molecule has 1 aromatic heterocycles. The Bertz CT molecular complexity index is 896. The third kappa shape index (κ3) is 3.85. The average Bonchev–Trinajstić information content (AvgIpc) is 2.89. The van der Waals surface area contributed by atoms with Gasteiger partial charge in [-0.05, 0) is 50.1 Å². The molecule has 0 radical (unpaired) electrons. The number of rotatable bonds is 6. The van der Waals surface area contributed by atoms with Crippen LogP contribution in [0.5, 0.6) is 5.75 Å². The SMILES string of the molecule is CCCOc1ccccc1NC(=O)Cc1c(C)[nH]c2ccc(C)cc12. The molecule has 2 N–H and O–H groups in total. The lowest BCUT2D eigenvalue weighted by Gasteiger charge is -2.12. The molecule has 25 heavy (non-hydrogen) atoms. The highest BCUT2D eigenvalue weighted by molar-refractivity contribution is 5.97. The van der Waals surface area contributed by atoms with E-state index < -0.39 is 0 Å². The zero-order valence-electron chi connectivity index (χ0n) is 15.0. The molecule has 0 fully saturated rings. The maximum absolute atomic E-state index is 12.6. The minimum Gasteiger partial charge on any atom is -0.491 e. The number of aromatic nitrogens is 1. The number of fused-ring (bicyclic) bond motifs is 1. The van der Waals surface area contributed by atoms with E-state index in [4.69, 9.17) is 4.74 Å². The Morgan fingerprint density at radius 1 is 1.16 bits per heavy atom. The van der Waals surface area contributed by atoms with Crippen LogP contribution in [0.25, 0.3) is 10.9 Å². The number of benzene rings is 2. The maximum Gasteiger partial charge on any atom is 0.228 e. The lowest BCUT2D eigenvalue weighted by molar-refractivity contribution is -0.115. The van der Waals surface area contributed by atoms with E-state index in [1.807, 2.05) is 31.2 Å². The molecule has 0 unspecified atom stereocenters. The minimum atomic E-state index is -0.0435. The molecule has 2 aromatic carbocycles. The van der Waals surface area contributed by atoms with Gasteiger partial charge in [0.15, 0.2) is 0 Å². The van der Waals surface area contributed by atoms with Crippen molar-refractivity contribution in [1.82, 2.24) is 4.98 Å². The first-order valence-electron chi connectivity index (χ1n) is 8.68. The molecule has 0 atom stereocenters. The summed E-state index contributed by atoms with van der Waals surface area (Å²) in [6.45, 7) is 6.76. The number of H-pyrrole nitrogens is 1. The van der Waals surface area contributed by atoms with Crippen LogP contribution in [-0.2, 0) is 11.2 Å². The van der Waals surface area contributed by atoms with Crippen LogP contribution in [0.15, 0.2) is 42.5 Å². The van der Waals surface area contributed by atoms with Crippen LogP contribution in [0.4, 0.5) is 5.69 Å². The van der Waals surface area contributed by atoms with Crippen LogP contribution in [0.3, 0.4) is 0 Å². The Morgan fingerprint density at radius 3 is 2.76 bits per heavy atom. The number of nitrogens with one attached hydrogen (secondary N) is 2. The van der Waals surface area contributed by atoms with Crippen LogP contribution in [0, 0.1) is 13.8 Å². The van der Waals surface area contributed by atoms with Gasteiger partial charge in [0.2, 0.25) is 5.91 Å². The molecule has 0 saturated carbocycles. The summed E-state index contributed by atoms with van der Waals surface area (Å²) in [4.78, 5) is 16.0. The zero-order chi connectivity index (χ0) is 17.8. The first-order chi connectivity index (χ1) is 12.1. The normalized spacial score (nSPS) is 10.8. The molecule has 0 saturated heterocycles. The highest BCUT2D eigenvalue weighted by atomic mass is 16.5. The second kappa shape index (κ2) is 7.43. The number of carbonyl (C=O) groups is 1. The van der Waals surface area contributed by atoms with Gasteiger partial charge >= 0.3 is 0 Å². The number of aryl methyl sites for hydroxylation is 2. The molecule has 4 nitrogen and oxygen atoms in total. The number of hydrogen-bond donors (Lipinski definition) is 2. The summed E-state index contributed by atoms with van der Waals surface area (Å²) in [6.07, 6.45) is 1.26. The first kappa shape index (κ1) is 17.1. The fraction of sp³-hybridized carbons (Fsp3) is 0.286. The van der Waals surface area contributed by atoms with Gasteiger partial charge in [-0.2, -0.15) is 0 Å². The lowest BCUT2D eigenvalue weighted by atomic mass is 10.1. The molecule has 1 heterocycles. The zero-order valence-corrected chi connectivity index (χ0v) is 15.0. The summed E-state index contributed by atoms with van der Waals surface area (Å²) in [5.74, 6) is 0.669. The highest BCUT2D eigenvalue weighted by Gasteiger charge is 2.14. The number of anilines is 1. The van der Waals surface area contributed by atoms with E-state index in [1.54, 1.807) is 0 Å². The van der Waals surface area contributed by atoms with Crippen molar-refractivity contribution in [3.8, 4) is 5.75 Å². The summed E-state index contributed by atoms with van der Waals surface area (Å²) in [6, 6.07) is 13.8. The van der Waals surface area contributed by atoms with Gasteiger partial charge in [-0.15, -0.1) is 0 Å². The summed E-state index contributed by atoms with van der Waals surface area (Å²) >= 11 is 0. The van der Waals surface area contributed by atoms with Crippen molar-refractivity contribution < 1.29 is 9.53 Å². The molecule has 0 aliphatic rings. The van der Waals surface area contributed by atoms with Gasteiger partial charge in [0.1, 0.15) is 5.75 Å². The fourth-order valence-electron chi connectivity index (χ4n) is 2.99. The Kier molecular flexibility index (Phi) is 5.08. The van der Waals surface area contributed by atoms with Gasteiger partial charge < -0.3 is 15.0 Å². The third-order valence-electron chi connectivity index (χ3n) is 4.24. The topological polar surface area (TPSA) is 54.1 Å². The van der Waals surface area contributed by atoms with E-state index in [9.17, 15) is 4.79 Å². The first-order valence-corrected chi connectivity index (χ1v) is 8.68. The largest absolute Gasteiger partial charge is 0.491 e. The van der Waals surface area contributed by atoms with Gasteiger partial charge in [-0.3, -0.25) is 4.79 Å². The summed E-state index contributed by atoms with van der Waals surface area (Å²) in [5.41, 5.74) is 5.05. The Labute approximate surface area is 148 Å². The molecule has 1 amide bonds. The van der Waals surface area contributed by atoms with Gasteiger partial charge in [-0.1, -0.05) is 30.7 Å². The molecule has 4 heteroatoms. The van der Waals surface area contributed by atoms with E-state index in [-0.39, 0.29) is 5.91 Å². The van der Waals surface area contributed by atoms with Crippen LogP contribution in [0.2, 0.25) is 0 Å². The second-order valence-electron chi connectivity index (χ2n) is 6.35. The molecule has 0 aliphatic carbocycles. The highest BCUT2D eigenvalue weighted by Crippen LogP contribution is 2.26. The summed E-state index contributed by atoms with van der Waals surface area (Å²) in [5, 5.41) is 4.10. The minimum absolute atomic E-state index is 0.0435. The van der Waals surface area contributed by atoms with E-state index in [0.717, 1.165) is 34.3 Å². The number of ether oxygens (including phenoxy) is 1. The van der Waals surface area contributed by atoms with Crippen molar-refractivity contribution in [1.29, 1.82) is 0 Å². The van der Waals surface area contributed by atoms with Gasteiger partial charge in [0.25, 0.3) is 0 Å². The Balaban J connectivity index is 1.80. The van der Waals surface area contributed by atoms with E-state index in [0.29, 0.717) is 18.8 Å². The van der Waals surface area contributed by atoms with Gasteiger partial charge in [-0.25, -0.2) is 0 Å². The van der Waals surface area contributed by atoms with Gasteiger partial charge in [0.05, 0.1) is 18.7 Å². The van der Waals surface area contributed by atoms with Crippen LogP contribution >= 0.6 is 0 Å². The van der Waals surface area contributed by atoms with Crippen molar-refractivity contribution in [2.24, 2.45) is 0 Å². The van der Waals surface area contributed by atoms with Crippen molar-refractivity contribution in [3.05, 3.63) is 59.3 Å². The predicted molar refractivity (Wildman–Crippen MR) is 102 cm³/mol. The van der Waals surface area contributed by atoms with Crippen LogP contribution in [0.1, 0.15) is 30.2 Å². The van der Waals surface area contributed by atoms with E-state index in [2.05, 4.69) is 42.3 Å². The van der Waals surface area contributed by atoms with Crippen molar-refractivity contribution in [2.75, 3.05) is 11.9 Å². The molecular formula is C21H24N2O2. The number of hydrogen-bond acceptors (Lipinski definition) is 2. The lowest BCUT2D eigenvalue weighted by Crippen LogP contribution is -2.15. The predicted octanol–water partition coefficient (Wildman–Crippen LogP) is 4.75. The quantitative estimate of drug-likeness (QED) is 0.682. The number of carbonyl (C=O) groups excluding carboxylic acids is 1. The third-order valence-corrected chi connectivity index (χ3v) is 4.24. The van der Waals surface area contributed by atoms with Crippen molar-refractivity contribution in [3.63, 3.8) is 0 Å². The second-order valence-corrected chi connectivity index (χ2v) is 6.35. The molecule has 0 aliphatic heterocycles. The molecule has 3 rings (SSSR count).